The van der Waals surface area contributed by atoms with Crippen molar-refractivity contribution in [1.82, 2.24) is 10.2 Å². The number of nitrogens with zero attached hydrogens (tertiary/aromatic N) is 1. The lowest BCUT2D eigenvalue weighted by Gasteiger charge is -2.26. The van der Waals surface area contributed by atoms with Gasteiger partial charge in [-0.15, -0.1) is 0 Å². The van der Waals surface area contributed by atoms with E-state index in [4.69, 9.17) is 0 Å². The minimum atomic E-state index is 0.581. The lowest BCUT2D eigenvalue weighted by Crippen LogP contribution is -2.32. The van der Waals surface area contributed by atoms with Gasteiger partial charge in [0.05, 0.1) is 0 Å². The maximum atomic E-state index is 3.58. The Morgan fingerprint density at radius 3 is 2.65 bits per heavy atom. The van der Waals surface area contributed by atoms with Crippen LogP contribution in [0.4, 0.5) is 0 Å². The van der Waals surface area contributed by atoms with Crippen LogP contribution in [0.25, 0.3) is 0 Å². The molecule has 1 aromatic carbocycles. The Morgan fingerprint density at radius 2 is 2.00 bits per heavy atom. The molecule has 2 heteroatoms. The zero-order chi connectivity index (χ0) is 12.3. The van der Waals surface area contributed by atoms with E-state index in [2.05, 4.69) is 61.4 Å². The van der Waals surface area contributed by atoms with Crippen molar-refractivity contribution in [2.24, 2.45) is 5.92 Å². The smallest absolute Gasteiger partial charge is 0.0385 e. The first-order valence-corrected chi connectivity index (χ1v) is 6.67. The van der Waals surface area contributed by atoms with Crippen LogP contribution in [0.2, 0.25) is 0 Å². The number of hydrogen-bond donors (Lipinski definition) is 1. The molecule has 94 valence electrons. The Kier molecular flexibility index (Phi) is 4.19. The van der Waals surface area contributed by atoms with Gasteiger partial charge in [-0.25, -0.2) is 0 Å². The predicted molar refractivity (Wildman–Crippen MR) is 73.1 cm³/mol. The second kappa shape index (κ2) is 5.65. The molecule has 1 aliphatic heterocycles. The van der Waals surface area contributed by atoms with Gasteiger partial charge in [0.25, 0.3) is 0 Å². The average molecular weight is 232 g/mol. The predicted octanol–water partition coefficient (Wildman–Crippen LogP) is 2.68. The summed E-state index contributed by atoms with van der Waals surface area (Å²) in [5, 5.41) is 3.58. The van der Waals surface area contributed by atoms with Gasteiger partial charge < -0.3 is 5.32 Å². The summed E-state index contributed by atoms with van der Waals surface area (Å²) in [6.07, 6.45) is 1.30. The summed E-state index contributed by atoms with van der Waals surface area (Å²) in [5.74, 6) is 0.741. The third-order valence-corrected chi connectivity index (χ3v) is 3.70. The normalized spacial score (nSPS) is 25.6. The molecule has 0 aliphatic carbocycles. The first kappa shape index (κ1) is 12.6. The van der Waals surface area contributed by atoms with Crippen LogP contribution in [-0.4, -0.2) is 31.1 Å². The Balaban J connectivity index is 2.07. The lowest BCUT2D eigenvalue weighted by molar-refractivity contribution is 0.269. The van der Waals surface area contributed by atoms with E-state index in [1.165, 1.54) is 18.5 Å². The van der Waals surface area contributed by atoms with Gasteiger partial charge in [0.2, 0.25) is 0 Å². The van der Waals surface area contributed by atoms with Crippen LogP contribution in [0.1, 0.15) is 31.9 Å². The molecular formula is C15H24N2. The summed E-state index contributed by atoms with van der Waals surface area (Å²) >= 11 is 0. The largest absolute Gasteiger partial charge is 0.314 e. The van der Waals surface area contributed by atoms with Gasteiger partial charge in [0.1, 0.15) is 0 Å². The molecule has 17 heavy (non-hydrogen) atoms. The quantitative estimate of drug-likeness (QED) is 0.858. The maximum absolute atomic E-state index is 3.58. The molecular weight excluding hydrogens is 208 g/mol. The molecule has 2 unspecified atom stereocenters. The molecule has 0 radical (unpaired) electrons. The molecule has 0 aromatic heterocycles. The van der Waals surface area contributed by atoms with Crippen LogP contribution in [0.5, 0.6) is 0 Å². The van der Waals surface area contributed by atoms with E-state index in [0.29, 0.717) is 12.1 Å². The number of benzene rings is 1. The second-order valence-corrected chi connectivity index (χ2v) is 5.45. The highest BCUT2D eigenvalue weighted by atomic mass is 15.2. The zero-order valence-electron chi connectivity index (χ0n) is 11.2. The SMILES string of the molecule is CC(C)NCC1CCN(C)C1c1ccccc1. The highest BCUT2D eigenvalue weighted by Gasteiger charge is 2.32. The van der Waals surface area contributed by atoms with Crippen molar-refractivity contribution >= 4 is 0 Å². The average Bonchev–Trinajstić information content (AvgIpc) is 2.69. The van der Waals surface area contributed by atoms with Gasteiger partial charge in [-0.3, -0.25) is 4.90 Å². The van der Waals surface area contributed by atoms with E-state index in [-0.39, 0.29) is 0 Å². The fraction of sp³-hybridized carbons (Fsp3) is 0.600. The molecule has 1 aliphatic rings. The Morgan fingerprint density at radius 1 is 1.29 bits per heavy atom. The molecule has 0 bridgehead atoms. The minimum absolute atomic E-state index is 0.581. The standard InChI is InChI=1S/C15H24N2/c1-12(2)16-11-14-9-10-17(3)15(14)13-7-5-4-6-8-13/h4-8,12,14-16H,9-11H2,1-3H3. The van der Waals surface area contributed by atoms with Crippen molar-refractivity contribution in [2.75, 3.05) is 20.1 Å². The van der Waals surface area contributed by atoms with Crippen molar-refractivity contribution in [3.63, 3.8) is 0 Å². The van der Waals surface area contributed by atoms with Crippen LogP contribution >= 0.6 is 0 Å². The molecule has 1 saturated heterocycles. The van der Waals surface area contributed by atoms with E-state index in [1.54, 1.807) is 0 Å². The van der Waals surface area contributed by atoms with E-state index >= 15 is 0 Å². The fourth-order valence-corrected chi connectivity index (χ4v) is 2.80. The van der Waals surface area contributed by atoms with Crippen molar-refractivity contribution in [1.29, 1.82) is 0 Å². The summed E-state index contributed by atoms with van der Waals surface area (Å²) in [6, 6.07) is 12.1. The molecule has 1 heterocycles. The molecule has 2 nitrogen and oxygen atoms in total. The molecule has 1 aromatic rings. The number of hydrogen-bond acceptors (Lipinski definition) is 2. The van der Waals surface area contributed by atoms with Crippen LogP contribution in [-0.2, 0) is 0 Å². The molecule has 0 amide bonds. The van der Waals surface area contributed by atoms with Crippen molar-refractivity contribution in [3.8, 4) is 0 Å². The summed E-state index contributed by atoms with van der Waals surface area (Å²) in [6.45, 7) is 6.78. The van der Waals surface area contributed by atoms with Gasteiger partial charge in [-0.05, 0) is 31.5 Å². The zero-order valence-corrected chi connectivity index (χ0v) is 11.2. The summed E-state index contributed by atoms with van der Waals surface area (Å²) in [7, 11) is 2.24. The third-order valence-electron chi connectivity index (χ3n) is 3.70. The van der Waals surface area contributed by atoms with Gasteiger partial charge in [-0.2, -0.15) is 0 Å². The van der Waals surface area contributed by atoms with Crippen LogP contribution < -0.4 is 5.32 Å². The molecule has 0 spiro atoms. The van der Waals surface area contributed by atoms with E-state index in [0.717, 1.165) is 12.5 Å². The van der Waals surface area contributed by atoms with E-state index in [1.807, 2.05) is 0 Å². The summed E-state index contributed by atoms with van der Waals surface area (Å²) in [4.78, 5) is 2.49. The first-order valence-electron chi connectivity index (χ1n) is 6.67. The van der Waals surface area contributed by atoms with Crippen molar-refractivity contribution in [3.05, 3.63) is 35.9 Å². The highest BCUT2D eigenvalue weighted by Crippen LogP contribution is 2.35. The Labute approximate surface area is 105 Å². The van der Waals surface area contributed by atoms with Crippen molar-refractivity contribution < 1.29 is 0 Å². The van der Waals surface area contributed by atoms with Gasteiger partial charge >= 0.3 is 0 Å². The van der Waals surface area contributed by atoms with Gasteiger partial charge in [0, 0.05) is 18.6 Å². The fourth-order valence-electron chi connectivity index (χ4n) is 2.80. The number of likely N-dealkylation sites (tertiary alicyclic amines) is 1. The molecule has 2 rings (SSSR count). The van der Waals surface area contributed by atoms with Crippen LogP contribution in [0, 0.1) is 5.92 Å². The van der Waals surface area contributed by atoms with Crippen LogP contribution in [0.15, 0.2) is 30.3 Å². The first-order chi connectivity index (χ1) is 8.18. The molecule has 1 N–H and O–H groups in total. The van der Waals surface area contributed by atoms with E-state index < -0.39 is 0 Å². The molecule has 0 saturated carbocycles. The monoisotopic (exact) mass is 232 g/mol. The maximum Gasteiger partial charge on any atom is 0.0385 e. The second-order valence-electron chi connectivity index (χ2n) is 5.45. The highest BCUT2D eigenvalue weighted by molar-refractivity contribution is 5.21. The molecule has 2 atom stereocenters. The Bertz CT molecular complexity index is 334. The summed E-state index contributed by atoms with van der Waals surface area (Å²) in [5.41, 5.74) is 1.46. The molecule has 1 fully saturated rings. The van der Waals surface area contributed by atoms with Gasteiger partial charge in [-0.1, -0.05) is 44.2 Å². The lowest BCUT2D eigenvalue weighted by atomic mass is 9.93. The summed E-state index contributed by atoms with van der Waals surface area (Å²) < 4.78 is 0. The number of rotatable bonds is 4. The van der Waals surface area contributed by atoms with Crippen molar-refractivity contribution in [2.45, 2.75) is 32.4 Å². The minimum Gasteiger partial charge on any atom is -0.314 e. The van der Waals surface area contributed by atoms with Crippen LogP contribution in [0.3, 0.4) is 0 Å². The topological polar surface area (TPSA) is 15.3 Å². The van der Waals surface area contributed by atoms with Gasteiger partial charge in [0.15, 0.2) is 0 Å². The van der Waals surface area contributed by atoms with E-state index in [9.17, 15) is 0 Å². The Hall–Kier alpha value is -0.860. The third kappa shape index (κ3) is 3.08. The number of nitrogens with one attached hydrogen (secondary N) is 1.